The molecule has 1 heterocycles. The van der Waals surface area contributed by atoms with Gasteiger partial charge in [0.15, 0.2) is 9.34 Å². The molecule has 8 heteroatoms. The Bertz CT molecular complexity index is 771. The van der Waals surface area contributed by atoms with Crippen molar-refractivity contribution in [2.24, 2.45) is 5.14 Å². The molecule has 0 fully saturated rings. The maximum atomic E-state index is 11.3. The quantitative estimate of drug-likeness (QED) is 0.895. The summed E-state index contributed by atoms with van der Waals surface area (Å²) < 4.78 is 28.0. The van der Waals surface area contributed by atoms with Crippen LogP contribution in [-0.4, -0.2) is 20.5 Å². The van der Waals surface area contributed by atoms with Crippen LogP contribution in [0.5, 0.6) is 5.75 Å². The van der Waals surface area contributed by atoms with E-state index in [9.17, 15) is 8.42 Å². The van der Waals surface area contributed by atoms with Crippen LogP contribution in [0, 0.1) is 0 Å². The highest BCUT2D eigenvalue weighted by molar-refractivity contribution is 7.91. The lowest BCUT2D eigenvalue weighted by atomic mass is 10.1. The molecule has 2 aromatic rings. The number of benzene rings is 1. The molecule has 3 N–H and O–H groups in total. The van der Waals surface area contributed by atoms with Gasteiger partial charge in [0.25, 0.3) is 0 Å². The smallest absolute Gasteiger partial charge is 0.249 e. The largest absolute Gasteiger partial charge is 0.496 e. The van der Waals surface area contributed by atoms with Gasteiger partial charge in [0.1, 0.15) is 5.75 Å². The van der Waals surface area contributed by atoms with Gasteiger partial charge in [0.2, 0.25) is 10.0 Å². The van der Waals surface area contributed by atoms with Gasteiger partial charge in [0.05, 0.1) is 19.3 Å². The average molecular weight is 325 g/mol. The first-order valence-corrected chi connectivity index (χ1v) is 8.76. The van der Waals surface area contributed by atoms with Gasteiger partial charge < -0.3 is 10.1 Å². The number of methoxy groups -OCH3 is 1. The zero-order valence-corrected chi connectivity index (χ0v) is 13.0. The van der Waals surface area contributed by atoms with Crippen LogP contribution in [0.25, 0.3) is 0 Å². The number of nitrogens with two attached hydrogens (primary N) is 1. The Balaban J connectivity index is 1.84. The molecule has 3 rings (SSSR count). The van der Waals surface area contributed by atoms with E-state index in [0.29, 0.717) is 5.13 Å². The highest BCUT2D eigenvalue weighted by atomic mass is 32.2. The molecule has 1 aliphatic rings. The third-order valence-corrected chi connectivity index (χ3v) is 5.85. The topological polar surface area (TPSA) is 94.3 Å². The van der Waals surface area contributed by atoms with Crippen molar-refractivity contribution < 1.29 is 13.2 Å². The van der Waals surface area contributed by atoms with E-state index in [2.05, 4.69) is 16.4 Å². The predicted molar refractivity (Wildman–Crippen MR) is 81.2 cm³/mol. The van der Waals surface area contributed by atoms with Crippen molar-refractivity contribution in [1.29, 1.82) is 0 Å². The average Bonchev–Trinajstić information content (AvgIpc) is 3.06. The summed E-state index contributed by atoms with van der Waals surface area (Å²) in [5.41, 5.74) is 2.36. The second-order valence-electron chi connectivity index (χ2n) is 4.79. The number of hydrogen-bond acceptors (Lipinski definition) is 6. The molecule has 0 bridgehead atoms. The van der Waals surface area contributed by atoms with Gasteiger partial charge in [-0.15, -0.1) is 0 Å². The standard InChI is InChI=1S/C13H15N3O3S2/c1-19-11-4-2-3-8-9(11)5-6-10(8)16-13-15-7-12(20-13)21(14,17)18/h2-4,7,10H,5-6H2,1H3,(H,15,16)(H2,14,17,18). The normalized spacial score (nSPS) is 17.5. The van der Waals surface area contributed by atoms with Crippen molar-refractivity contribution in [2.75, 3.05) is 12.4 Å². The molecule has 1 aromatic carbocycles. The fourth-order valence-electron chi connectivity index (χ4n) is 2.57. The number of nitrogens with zero attached hydrogens (tertiary/aromatic N) is 1. The maximum Gasteiger partial charge on any atom is 0.249 e. The van der Waals surface area contributed by atoms with E-state index in [0.717, 1.165) is 29.9 Å². The van der Waals surface area contributed by atoms with Crippen molar-refractivity contribution in [2.45, 2.75) is 23.1 Å². The van der Waals surface area contributed by atoms with Crippen LogP contribution in [-0.2, 0) is 16.4 Å². The van der Waals surface area contributed by atoms with Gasteiger partial charge in [-0.2, -0.15) is 0 Å². The van der Waals surface area contributed by atoms with Gasteiger partial charge in [-0.25, -0.2) is 18.5 Å². The molecule has 112 valence electrons. The molecule has 0 saturated carbocycles. The lowest BCUT2D eigenvalue weighted by Gasteiger charge is -2.13. The molecular weight excluding hydrogens is 310 g/mol. The lowest BCUT2D eigenvalue weighted by molar-refractivity contribution is 0.410. The molecule has 0 spiro atoms. The molecular formula is C13H15N3O3S2. The third-order valence-electron chi connectivity index (χ3n) is 3.51. The van der Waals surface area contributed by atoms with Gasteiger partial charge in [-0.3, -0.25) is 0 Å². The number of hydrogen-bond donors (Lipinski definition) is 2. The van der Waals surface area contributed by atoms with Gasteiger partial charge >= 0.3 is 0 Å². The molecule has 0 aliphatic heterocycles. The zero-order chi connectivity index (χ0) is 15.0. The minimum absolute atomic E-state index is 0.0638. The summed E-state index contributed by atoms with van der Waals surface area (Å²) in [4.78, 5) is 4.08. The second-order valence-corrected chi connectivity index (χ2v) is 7.61. The first-order chi connectivity index (χ1) is 9.99. The molecule has 21 heavy (non-hydrogen) atoms. The summed E-state index contributed by atoms with van der Waals surface area (Å²) in [5, 5.41) is 8.92. The van der Waals surface area contributed by atoms with E-state index < -0.39 is 10.0 Å². The van der Waals surface area contributed by atoms with E-state index in [1.54, 1.807) is 7.11 Å². The van der Waals surface area contributed by atoms with Crippen LogP contribution in [0.4, 0.5) is 5.13 Å². The Morgan fingerprint density at radius 3 is 2.95 bits per heavy atom. The second kappa shape index (κ2) is 5.28. The highest BCUT2D eigenvalue weighted by Gasteiger charge is 2.26. The summed E-state index contributed by atoms with van der Waals surface area (Å²) >= 11 is 1.04. The van der Waals surface area contributed by atoms with E-state index in [-0.39, 0.29) is 10.3 Å². The predicted octanol–water partition coefficient (Wildman–Crippen LogP) is 1.90. The van der Waals surface area contributed by atoms with Crippen molar-refractivity contribution >= 4 is 26.5 Å². The van der Waals surface area contributed by atoms with Gasteiger partial charge in [-0.05, 0) is 30.0 Å². The Kier molecular flexibility index (Phi) is 3.60. The molecule has 1 aromatic heterocycles. The Hall–Kier alpha value is -1.64. The summed E-state index contributed by atoms with van der Waals surface area (Å²) in [6.45, 7) is 0. The van der Waals surface area contributed by atoms with Crippen LogP contribution in [0.15, 0.2) is 28.6 Å². The fraction of sp³-hybridized carbons (Fsp3) is 0.308. The monoisotopic (exact) mass is 325 g/mol. The number of aromatic nitrogens is 1. The van der Waals surface area contributed by atoms with Crippen LogP contribution >= 0.6 is 11.3 Å². The number of thiazole rings is 1. The summed E-state index contributed by atoms with van der Waals surface area (Å²) in [5.74, 6) is 0.890. The first kappa shape index (κ1) is 14.3. The number of nitrogens with one attached hydrogen (secondary N) is 1. The van der Waals surface area contributed by atoms with E-state index in [4.69, 9.17) is 9.88 Å². The summed E-state index contributed by atoms with van der Waals surface area (Å²) in [6.07, 6.45) is 3.12. The maximum absolute atomic E-state index is 11.3. The summed E-state index contributed by atoms with van der Waals surface area (Å²) in [7, 11) is -2.03. The Labute approximate surface area is 127 Å². The SMILES string of the molecule is COc1cccc2c1CCC2Nc1ncc(S(N)(=O)=O)s1. The van der Waals surface area contributed by atoms with Crippen LogP contribution in [0.3, 0.4) is 0 Å². The summed E-state index contributed by atoms with van der Waals surface area (Å²) in [6, 6.07) is 6.06. The number of rotatable bonds is 4. The number of fused-ring (bicyclic) bond motifs is 1. The molecule has 1 atom stereocenters. The van der Waals surface area contributed by atoms with Gasteiger partial charge in [0, 0.05) is 0 Å². The van der Waals surface area contributed by atoms with Crippen molar-refractivity contribution in [3.8, 4) is 5.75 Å². The van der Waals surface area contributed by atoms with Crippen molar-refractivity contribution in [1.82, 2.24) is 4.98 Å². The molecule has 6 nitrogen and oxygen atoms in total. The van der Waals surface area contributed by atoms with Crippen molar-refractivity contribution in [3.63, 3.8) is 0 Å². The highest BCUT2D eigenvalue weighted by Crippen LogP contribution is 2.39. The molecule has 1 unspecified atom stereocenters. The molecule has 0 amide bonds. The first-order valence-electron chi connectivity index (χ1n) is 6.40. The molecule has 1 aliphatic carbocycles. The number of ether oxygens (including phenoxy) is 1. The van der Waals surface area contributed by atoms with Crippen LogP contribution < -0.4 is 15.2 Å². The molecule has 0 saturated heterocycles. The number of sulfonamides is 1. The fourth-order valence-corrected chi connectivity index (χ4v) is 4.07. The number of primary sulfonamides is 1. The minimum Gasteiger partial charge on any atom is -0.496 e. The van der Waals surface area contributed by atoms with Crippen LogP contribution in [0.1, 0.15) is 23.6 Å². The molecule has 0 radical (unpaired) electrons. The Morgan fingerprint density at radius 2 is 2.29 bits per heavy atom. The van der Waals surface area contributed by atoms with E-state index in [1.165, 1.54) is 17.3 Å². The Morgan fingerprint density at radius 1 is 1.48 bits per heavy atom. The minimum atomic E-state index is -3.69. The van der Waals surface area contributed by atoms with E-state index >= 15 is 0 Å². The number of anilines is 1. The van der Waals surface area contributed by atoms with Crippen molar-refractivity contribution in [3.05, 3.63) is 35.5 Å². The zero-order valence-electron chi connectivity index (χ0n) is 11.4. The van der Waals surface area contributed by atoms with Gasteiger partial charge in [-0.1, -0.05) is 23.5 Å². The third kappa shape index (κ3) is 2.74. The van der Waals surface area contributed by atoms with Crippen LogP contribution in [0.2, 0.25) is 0 Å². The lowest BCUT2D eigenvalue weighted by Crippen LogP contribution is -2.10. The van der Waals surface area contributed by atoms with E-state index in [1.807, 2.05) is 12.1 Å².